The number of halogens is 1. The number of carboxylic acid groups (broad SMARTS) is 5. The molecule has 6 aliphatic rings. The first-order valence-corrected chi connectivity index (χ1v) is 33.1. The van der Waals surface area contributed by atoms with Crippen LogP contribution < -0.4 is 16.0 Å². The zero-order valence-electron chi connectivity index (χ0n) is 53.1. The maximum atomic E-state index is 13.4. The first-order chi connectivity index (χ1) is 43.9. The number of esters is 1. The van der Waals surface area contributed by atoms with E-state index in [4.69, 9.17) is 16.3 Å². The Morgan fingerprint density at radius 3 is 1.03 bits per heavy atom. The standard InChI is InChI=1S/C24H34N2O6.C22H29ClN2O5.C22H30N2O6/c1-3-32-24(31)19(13-10-16-8-11-18(27)12-9-16)25-15(2)22(28)26-20-7-5-4-6-17(20)14-21(26)23(29)30;1-13(24-17(21(27)28)11-8-14-6-9-16(23)10-7-14)20(26)25-18-5-3-2-4-15(18)12-19(25)22(29)30;1-13(23-17(21(27)28)11-8-14-6-9-16(25)10-7-14)20(26)24-18-5-3-2-4-15(18)12-19(24)22(29)30/h8-9,11-12,15,17,19-21,25,27H,3-7,10,13-14H2,1-2H3,(H,29,30);6-7,9-10,13,15,17-19,24H,2-5,8,11-12H2,1H3,(H,27,28)(H,29,30);6-7,9-10,13,15,17-19,23,25H,2-5,8,11-12H2,1H3,(H,27,28)(H,29,30)/t15-,17+,19-,20-,21-;2*13-,15+,17-,18-,19-/m000/s1. The molecule has 6 fully saturated rings. The Kier molecular flexibility index (Phi) is 26.6. The van der Waals surface area contributed by atoms with Gasteiger partial charge in [-0.15, -0.1) is 0 Å². The Morgan fingerprint density at radius 1 is 0.457 bits per heavy atom. The van der Waals surface area contributed by atoms with Gasteiger partial charge in [0, 0.05) is 23.1 Å². The van der Waals surface area contributed by atoms with Gasteiger partial charge >= 0.3 is 35.8 Å². The molecule has 0 bridgehead atoms. The first kappa shape index (κ1) is 72.1. The Labute approximate surface area is 542 Å². The van der Waals surface area contributed by atoms with E-state index in [9.17, 15) is 78.9 Å². The Bertz CT molecular complexity index is 2880. The summed E-state index contributed by atoms with van der Waals surface area (Å²) in [5.74, 6) is -5.42. The third kappa shape index (κ3) is 19.1. The molecule has 24 heteroatoms. The van der Waals surface area contributed by atoms with Gasteiger partial charge in [0.2, 0.25) is 17.7 Å². The molecule has 504 valence electrons. The van der Waals surface area contributed by atoms with Gasteiger partial charge in [0.15, 0.2) is 0 Å². The monoisotopic (exact) mass is 1300 g/mol. The summed E-state index contributed by atoms with van der Waals surface area (Å²) in [7, 11) is 0. The molecule has 3 amide bonds. The number of fused-ring (bicyclic) bond motifs is 3. The third-order valence-corrected chi connectivity index (χ3v) is 19.7. The van der Waals surface area contributed by atoms with Crippen LogP contribution in [0.5, 0.6) is 11.5 Å². The van der Waals surface area contributed by atoms with Crippen molar-refractivity contribution in [2.75, 3.05) is 6.61 Å². The predicted octanol–water partition coefficient (Wildman–Crippen LogP) is 7.43. The van der Waals surface area contributed by atoms with E-state index in [1.165, 1.54) is 9.80 Å². The molecular formula is C68H93ClN6O17. The van der Waals surface area contributed by atoms with Crippen LogP contribution in [0.3, 0.4) is 0 Å². The summed E-state index contributed by atoms with van der Waals surface area (Å²) < 4.78 is 5.20. The van der Waals surface area contributed by atoms with Gasteiger partial charge < -0.3 is 55.2 Å². The van der Waals surface area contributed by atoms with E-state index in [1.54, 1.807) is 93.3 Å². The van der Waals surface area contributed by atoms with Crippen LogP contribution in [0.1, 0.15) is 160 Å². The fourth-order valence-corrected chi connectivity index (χ4v) is 14.9. The minimum atomic E-state index is -1.06. The van der Waals surface area contributed by atoms with E-state index >= 15 is 0 Å². The van der Waals surface area contributed by atoms with Crippen LogP contribution in [0.15, 0.2) is 72.8 Å². The van der Waals surface area contributed by atoms with Crippen molar-refractivity contribution in [3.8, 4) is 11.5 Å². The van der Waals surface area contributed by atoms with Crippen LogP contribution in [0, 0.1) is 17.8 Å². The first-order valence-electron chi connectivity index (χ1n) is 32.7. The summed E-state index contributed by atoms with van der Waals surface area (Å²) in [5.41, 5.74) is 2.80. The molecule has 0 aromatic heterocycles. The number of benzene rings is 3. The number of aliphatic carboxylic acids is 5. The van der Waals surface area contributed by atoms with Gasteiger partial charge in [-0.2, -0.15) is 0 Å². The van der Waals surface area contributed by atoms with Crippen molar-refractivity contribution in [3.63, 3.8) is 0 Å². The lowest BCUT2D eigenvalue weighted by Crippen LogP contribution is -2.55. The number of carbonyl (C=O) groups excluding carboxylic acids is 4. The van der Waals surface area contributed by atoms with Crippen molar-refractivity contribution in [2.24, 2.45) is 17.8 Å². The van der Waals surface area contributed by atoms with Gasteiger partial charge in [-0.05, 0) is 195 Å². The quantitative estimate of drug-likeness (QED) is 0.0369. The van der Waals surface area contributed by atoms with Gasteiger partial charge in [0.1, 0.15) is 47.8 Å². The molecule has 0 radical (unpaired) electrons. The number of hydrogen-bond donors (Lipinski definition) is 10. The van der Waals surface area contributed by atoms with Gasteiger partial charge in [-0.25, -0.2) is 14.4 Å². The lowest BCUT2D eigenvalue weighted by atomic mass is 9.84. The zero-order valence-corrected chi connectivity index (χ0v) is 53.8. The number of phenols is 2. The number of aromatic hydroxyl groups is 2. The second-order valence-electron chi connectivity index (χ2n) is 25.7. The van der Waals surface area contributed by atoms with E-state index in [-0.39, 0.29) is 78.1 Å². The lowest BCUT2D eigenvalue weighted by Gasteiger charge is -2.35. The fourth-order valence-electron chi connectivity index (χ4n) is 14.8. The molecule has 15 atom stereocenters. The summed E-state index contributed by atoms with van der Waals surface area (Å²) in [6.07, 6.45) is 15.4. The number of nitrogens with one attached hydrogen (secondary N) is 3. The summed E-state index contributed by atoms with van der Waals surface area (Å²) >= 11 is 5.88. The topological polar surface area (TPSA) is 350 Å². The van der Waals surface area contributed by atoms with Crippen LogP contribution >= 0.6 is 11.6 Å². The SMILES string of the molecule is CCOC(=O)[C@H](CCc1ccc(O)cc1)N[C@@H](C)C(=O)N1[C@H](C(=O)O)C[C@H]2CCCC[C@@H]21.C[C@H](N[C@@H](CCc1ccc(Cl)cc1)C(=O)O)C(=O)N1[C@H](C(=O)O)C[C@H]2CCCC[C@@H]21.C[C@H](N[C@@H](CCc1ccc(O)cc1)C(=O)O)C(=O)N1[C@H](C(=O)O)C[C@H]2CCCC[C@@H]21. The number of phenolic OH excluding ortho intramolecular Hbond substituents is 2. The molecular weight excluding hydrogens is 1210 g/mol. The average Bonchev–Trinajstić information content (AvgIpc) is 1.65. The largest absolute Gasteiger partial charge is 0.508 e. The van der Waals surface area contributed by atoms with Gasteiger partial charge in [-0.1, -0.05) is 86.5 Å². The second kappa shape index (κ2) is 34.0. The molecule has 3 saturated heterocycles. The summed E-state index contributed by atoms with van der Waals surface area (Å²) in [5, 5.41) is 76.6. The fraction of sp³-hybridized carbons (Fsp3) is 0.603. The zero-order chi connectivity index (χ0) is 66.9. The molecule has 3 aliphatic carbocycles. The van der Waals surface area contributed by atoms with Crippen molar-refractivity contribution in [2.45, 2.75) is 235 Å². The average molecular weight is 1300 g/mol. The number of amides is 3. The van der Waals surface area contributed by atoms with Crippen molar-refractivity contribution in [1.82, 2.24) is 30.7 Å². The highest BCUT2D eigenvalue weighted by Crippen LogP contribution is 2.43. The Hall–Kier alpha value is -7.34. The lowest BCUT2D eigenvalue weighted by molar-refractivity contribution is -0.152. The molecule has 3 aromatic carbocycles. The normalized spacial score (nSPS) is 25.1. The van der Waals surface area contributed by atoms with Crippen molar-refractivity contribution in [1.29, 1.82) is 0 Å². The molecule has 9 rings (SSSR count). The number of carboxylic acids is 5. The van der Waals surface area contributed by atoms with E-state index in [0.717, 1.165) is 93.7 Å². The Morgan fingerprint density at radius 2 is 0.739 bits per heavy atom. The number of hydrogen-bond acceptors (Lipinski definition) is 15. The molecule has 3 saturated carbocycles. The third-order valence-electron chi connectivity index (χ3n) is 19.5. The molecule has 0 spiro atoms. The van der Waals surface area contributed by atoms with Gasteiger partial charge in [-0.3, -0.25) is 44.7 Å². The smallest absolute Gasteiger partial charge is 0.326 e. The minimum absolute atomic E-state index is 0.0420. The van der Waals surface area contributed by atoms with Crippen LogP contribution in [-0.4, -0.2) is 183 Å². The molecule has 23 nitrogen and oxygen atoms in total. The minimum Gasteiger partial charge on any atom is -0.508 e. The Balaban J connectivity index is 0.000000196. The highest BCUT2D eigenvalue weighted by Gasteiger charge is 2.51. The van der Waals surface area contributed by atoms with Crippen molar-refractivity contribution in [3.05, 3.63) is 94.5 Å². The van der Waals surface area contributed by atoms with Gasteiger partial charge in [0.05, 0.1) is 24.7 Å². The van der Waals surface area contributed by atoms with Gasteiger partial charge in [0.25, 0.3) is 0 Å². The van der Waals surface area contributed by atoms with Crippen LogP contribution in [0.4, 0.5) is 0 Å². The van der Waals surface area contributed by atoms with Crippen LogP contribution in [0.25, 0.3) is 0 Å². The number of ether oxygens (including phenoxy) is 1. The predicted molar refractivity (Wildman–Crippen MR) is 340 cm³/mol. The summed E-state index contributed by atoms with van der Waals surface area (Å²) in [6.45, 7) is 6.87. The second-order valence-corrected chi connectivity index (χ2v) is 26.1. The van der Waals surface area contributed by atoms with Crippen molar-refractivity contribution >= 4 is 65.1 Å². The molecule has 0 unspecified atom stereocenters. The number of aryl methyl sites for hydroxylation is 3. The summed E-state index contributed by atoms with van der Waals surface area (Å²) in [6, 6.07) is 13.0. The number of nitrogens with zero attached hydrogens (tertiary/aromatic N) is 3. The molecule has 3 aromatic rings. The maximum absolute atomic E-state index is 13.4. The maximum Gasteiger partial charge on any atom is 0.326 e. The number of carbonyl (C=O) groups is 9. The van der Waals surface area contributed by atoms with Crippen molar-refractivity contribution < 1.29 is 83.6 Å². The molecule has 10 N–H and O–H groups in total. The summed E-state index contributed by atoms with van der Waals surface area (Å²) in [4.78, 5) is 116. The van der Waals surface area contributed by atoms with Crippen LogP contribution in [0.2, 0.25) is 5.02 Å². The van der Waals surface area contributed by atoms with E-state index in [0.29, 0.717) is 56.4 Å². The van der Waals surface area contributed by atoms with E-state index in [2.05, 4.69) is 16.0 Å². The van der Waals surface area contributed by atoms with Crippen LogP contribution in [-0.2, 0) is 67.2 Å². The highest BCUT2D eigenvalue weighted by atomic mass is 35.5. The number of rotatable bonds is 25. The molecule has 3 heterocycles. The molecule has 92 heavy (non-hydrogen) atoms. The highest BCUT2D eigenvalue weighted by molar-refractivity contribution is 6.30. The van der Waals surface area contributed by atoms with E-state index < -0.39 is 90.2 Å². The number of likely N-dealkylation sites (tertiary alicyclic amines) is 3. The van der Waals surface area contributed by atoms with E-state index in [1.807, 2.05) is 12.1 Å². The molecule has 3 aliphatic heterocycles.